The van der Waals surface area contributed by atoms with E-state index in [4.69, 9.17) is 10.5 Å². The standard InChI is InChI=1S/C10H11FN2O/c1-6-4-7(2-3-8(6)11)9-5-13-10(12)14-9/h2-4,9H,5H2,1H3,(H2,12,13). The van der Waals surface area contributed by atoms with E-state index in [0.29, 0.717) is 12.1 Å². The van der Waals surface area contributed by atoms with Gasteiger partial charge in [-0.2, -0.15) is 0 Å². The molecule has 0 saturated carbocycles. The molecule has 4 heteroatoms. The lowest BCUT2D eigenvalue weighted by Gasteiger charge is -2.10. The number of aryl methyl sites for hydroxylation is 1. The van der Waals surface area contributed by atoms with Crippen LogP contribution < -0.4 is 5.73 Å². The number of hydrogen-bond acceptors (Lipinski definition) is 3. The molecule has 1 atom stereocenters. The molecule has 1 aromatic rings. The van der Waals surface area contributed by atoms with Gasteiger partial charge in [0.1, 0.15) is 11.9 Å². The van der Waals surface area contributed by atoms with E-state index >= 15 is 0 Å². The minimum atomic E-state index is -0.208. The summed E-state index contributed by atoms with van der Waals surface area (Å²) in [6.07, 6.45) is -0.158. The van der Waals surface area contributed by atoms with Gasteiger partial charge < -0.3 is 10.5 Å². The van der Waals surface area contributed by atoms with Crippen LogP contribution in [0.2, 0.25) is 0 Å². The predicted molar refractivity (Wildman–Crippen MR) is 51.5 cm³/mol. The largest absolute Gasteiger partial charge is 0.455 e. The van der Waals surface area contributed by atoms with Gasteiger partial charge in [-0.05, 0) is 30.2 Å². The van der Waals surface area contributed by atoms with Crippen LogP contribution in [0.15, 0.2) is 23.2 Å². The second-order valence-corrected chi connectivity index (χ2v) is 3.29. The molecule has 0 aliphatic carbocycles. The lowest BCUT2D eigenvalue weighted by atomic mass is 10.1. The Labute approximate surface area is 81.4 Å². The molecule has 3 nitrogen and oxygen atoms in total. The van der Waals surface area contributed by atoms with E-state index in [9.17, 15) is 4.39 Å². The van der Waals surface area contributed by atoms with Crippen molar-refractivity contribution in [3.8, 4) is 0 Å². The first-order chi connectivity index (χ1) is 6.66. The van der Waals surface area contributed by atoms with Crippen molar-refractivity contribution >= 4 is 6.02 Å². The van der Waals surface area contributed by atoms with E-state index in [1.165, 1.54) is 6.07 Å². The molecule has 1 unspecified atom stereocenters. The molecular weight excluding hydrogens is 183 g/mol. The SMILES string of the molecule is Cc1cc(C2CN=C(N)O2)ccc1F. The summed E-state index contributed by atoms with van der Waals surface area (Å²) in [7, 11) is 0. The van der Waals surface area contributed by atoms with Gasteiger partial charge >= 0.3 is 0 Å². The Morgan fingerprint density at radius 2 is 2.36 bits per heavy atom. The van der Waals surface area contributed by atoms with Crippen molar-refractivity contribution in [3.05, 3.63) is 35.1 Å². The zero-order chi connectivity index (χ0) is 10.1. The maximum atomic E-state index is 13.0. The van der Waals surface area contributed by atoms with Gasteiger partial charge in [0.15, 0.2) is 0 Å². The normalized spacial score (nSPS) is 20.4. The highest BCUT2D eigenvalue weighted by atomic mass is 19.1. The molecule has 2 rings (SSSR count). The monoisotopic (exact) mass is 194 g/mol. The lowest BCUT2D eigenvalue weighted by molar-refractivity contribution is 0.226. The molecule has 2 N–H and O–H groups in total. The van der Waals surface area contributed by atoms with E-state index in [0.717, 1.165) is 5.56 Å². The molecule has 1 aliphatic heterocycles. The minimum absolute atomic E-state index is 0.158. The molecular formula is C10H11FN2O. The van der Waals surface area contributed by atoms with Crippen molar-refractivity contribution in [3.63, 3.8) is 0 Å². The van der Waals surface area contributed by atoms with Crippen LogP contribution in [-0.4, -0.2) is 12.6 Å². The third kappa shape index (κ3) is 1.55. The Kier molecular flexibility index (Phi) is 2.11. The Morgan fingerprint density at radius 3 is 2.93 bits per heavy atom. The highest BCUT2D eigenvalue weighted by Gasteiger charge is 2.19. The summed E-state index contributed by atoms with van der Waals surface area (Å²) in [6, 6.07) is 5.09. The molecule has 1 heterocycles. The zero-order valence-corrected chi connectivity index (χ0v) is 7.83. The van der Waals surface area contributed by atoms with E-state index < -0.39 is 0 Å². The van der Waals surface area contributed by atoms with Crippen molar-refractivity contribution in [2.75, 3.05) is 6.54 Å². The third-order valence-electron chi connectivity index (χ3n) is 2.23. The Morgan fingerprint density at radius 1 is 1.57 bits per heavy atom. The van der Waals surface area contributed by atoms with Gasteiger partial charge in [-0.1, -0.05) is 6.07 Å². The van der Waals surface area contributed by atoms with E-state index in [2.05, 4.69) is 4.99 Å². The summed E-state index contributed by atoms with van der Waals surface area (Å²) in [5, 5.41) is 0. The Hall–Kier alpha value is -1.58. The molecule has 0 spiro atoms. The fraction of sp³-hybridized carbons (Fsp3) is 0.300. The molecule has 1 aromatic carbocycles. The zero-order valence-electron chi connectivity index (χ0n) is 7.83. The van der Waals surface area contributed by atoms with Gasteiger partial charge in [0.25, 0.3) is 6.02 Å². The maximum absolute atomic E-state index is 13.0. The van der Waals surface area contributed by atoms with Gasteiger partial charge in [-0.25, -0.2) is 9.38 Å². The van der Waals surface area contributed by atoms with E-state index in [1.807, 2.05) is 0 Å². The summed E-state index contributed by atoms with van der Waals surface area (Å²) >= 11 is 0. The second-order valence-electron chi connectivity index (χ2n) is 3.29. The summed E-state index contributed by atoms with van der Waals surface area (Å²) in [5.74, 6) is -0.208. The predicted octanol–water partition coefficient (Wildman–Crippen LogP) is 1.52. The lowest BCUT2D eigenvalue weighted by Crippen LogP contribution is -2.13. The number of aliphatic imine (C=N–C) groups is 1. The van der Waals surface area contributed by atoms with Crippen LogP contribution in [0.25, 0.3) is 0 Å². The van der Waals surface area contributed by atoms with Crippen molar-refractivity contribution < 1.29 is 9.13 Å². The smallest absolute Gasteiger partial charge is 0.282 e. The maximum Gasteiger partial charge on any atom is 0.282 e. The number of nitrogens with zero attached hydrogens (tertiary/aromatic N) is 1. The quantitative estimate of drug-likeness (QED) is 0.736. The van der Waals surface area contributed by atoms with Crippen molar-refractivity contribution in [1.29, 1.82) is 0 Å². The van der Waals surface area contributed by atoms with Crippen molar-refractivity contribution in [2.45, 2.75) is 13.0 Å². The number of rotatable bonds is 1. The molecule has 0 amide bonds. The molecule has 74 valence electrons. The molecule has 0 saturated heterocycles. The number of benzene rings is 1. The summed E-state index contributed by atoms with van der Waals surface area (Å²) in [5.41, 5.74) is 6.90. The first kappa shape index (κ1) is 8.99. The molecule has 14 heavy (non-hydrogen) atoms. The molecule has 0 aromatic heterocycles. The van der Waals surface area contributed by atoms with Gasteiger partial charge in [0.05, 0.1) is 6.54 Å². The third-order valence-corrected chi connectivity index (χ3v) is 2.23. The molecule has 1 aliphatic rings. The van der Waals surface area contributed by atoms with Gasteiger partial charge in [-0.3, -0.25) is 0 Å². The van der Waals surface area contributed by atoms with Crippen LogP contribution in [-0.2, 0) is 4.74 Å². The first-order valence-corrected chi connectivity index (χ1v) is 4.39. The number of ether oxygens (including phenoxy) is 1. The van der Waals surface area contributed by atoms with Crippen molar-refractivity contribution in [2.24, 2.45) is 10.7 Å². The van der Waals surface area contributed by atoms with E-state index in [1.54, 1.807) is 19.1 Å². The first-order valence-electron chi connectivity index (χ1n) is 4.39. The van der Waals surface area contributed by atoms with Crippen LogP contribution in [0.5, 0.6) is 0 Å². The van der Waals surface area contributed by atoms with Crippen LogP contribution in [0.3, 0.4) is 0 Å². The molecule has 0 bridgehead atoms. The van der Waals surface area contributed by atoms with Gasteiger partial charge in [-0.15, -0.1) is 0 Å². The fourth-order valence-electron chi connectivity index (χ4n) is 1.43. The number of amidine groups is 1. The Balaban J connectivity index is 2.22. The van der Waals surface area contributed by atoms with Crippen molar-refractivity contribution in [1.82, 2.24) is 0 Å². The summed E-state index contributed by atoms with van der Waals surface area (Å²) in [6.45, 7) is 2.23. The van der Waals surface area contributed by atoms with Crippen LogP contribution in [0.4, 0.5) is 4.39 Å². The fourth-order valence-corrected chi connectivity index (χ4v) is 1.43. The number of halogens is 1. The van der Waals surface area contributed by atoms with E-state index in [-0.39, 0.29) is 17.9 Å². The average Bonchev–Trinajstić information content (AvgIpc) is 2.57. The van der Waals surface area contributed by atoms with Crippen LogP contribution in [0.1, 0.15) is 17.2 Å². The van der Waals surface area contributed by atoms with Gasteiger partial charge in [0.2, 0.25) is 0 Å². The topological polar surface area (TPSA) is 47.6 Å². The highest BCUT2D eigenvalue weighted by Crippen LogP contribution is 2.23. The minimum Gasteiger partial charge on any atom is -0.455 e. The molecule has 0 fully saturated rings. The average molecular weight is 194 g/mol. The highest BCUT2D eigenvalue weighted by molar-refractivity contribution is 5.73. The summed E-state index contributed by atoms with van der Waals surface area (Å²) < 4.78 is 18.2. The number of nitrogens with two attached hydrogens (primary N) is 1. The van der Waals surface area contributed by atoms with Crippen LogP contribution in [0, 0.1) is 12.7 Å². The van der Waals surface area contributed by atoms with Gasteiger partial charge in [0, 0.05) is 0 Å². The Bertz CT molecular complexity index is 390. The number of hydrogen-bond donors (Lipinski definition) is 1. The van der Waals surface area contributed by atoms with Crippen LogP contribution >= 0.6 is 0 Å². The summed E-state index contributed by atoms with van der Waals surface area (Å²) in [4.78, 5) is 3.92. The second kappa shape index (κ2) is 3.29. The molecule has 0 radical (unpaired) electrons.